The van der Waals surface area contributed by atoms with Gasteiger partial charge in [-0.1, -0.05) is 25.5 Å². The minimum atomic E-state index is -0.191. The fourth-order valence-electron chi connectivity index (χ4n) is 6.12. The number of benzene rings is 1. The lowest BCUT2D eigenvalue weighted by Gasteiger charge is -2.44. The number of rotatable bonds is 4. The Hall–Kier alpha value is -1.31. The standard InChI is InChI=1S/C25H35FO/c1-3-4-11-27-25-16-22-10-9-21(14-23(22)15-24(25)26)20-8-7-18-12-17(2)5-6-19(18)13-20/h3-4,15-21H,5-14H2,1-2H3/b4-3+. The average molecular weight is 371 g/mol. The quantitative estimate of drug-likeness (QED) is 0.533. The molecule has 2 saturated carbocycles. The van der Waals surface area contributed by atoms with Gasteiger partial charge in [0, 0.05) is 0 Å². The first-order chi connectivity index (χ1) is 13.1. The first kappa shape index (κ1) is 19.0. The van der Waals surface area contributed by atoms with Crippen molar-refractivity contribution in [2.24, 2.45) is 29.6 Å². The number of halogens is 1. The molecule has 148 valence electrons. The summed E-state index contributed by atoms with van der Waals surface area (Å²) in [5.41, 5.74) is 2.55. The van der Waals surface area contributed by atoms with E-state index in [9.17, 15) is 4.39 Å². The first-order valence-electron chi connectivity index (χ1n) is 11.2. The summed E-state index contributed by atoms with van der Waals surface area (Å²) in [6.07, 6.45) is 15.9. The summed E-state index contributed by atoms with van der Waals surface area (Å²) >= 11 is 0. The van der Waals surface area contributed by atoms with Crippen molar-refractivity contribution in [3.63, 3.8) is 0 Å². The van der Waals surface area contributed by atoms with Gasteiger partial charge in [-0.25, -0.2) is 4.39 Å². The molecule has 0 aliphatic heterocycles. The SMILES string of the molecule is C/C=C/COc1cc2c(cc1F)CC(C1CCC3CC(C)CCC3C1)CC2. The molecule has 1 nitrogen and oxygen atoms in total. The Labute approximate surface area is 164 Å². The van der Waals surface area contributed by atoms with Crippen molar-refractivity contribution in [1.82, 2.24) is 0 Å². The van der Waals surface area contributed by atoms with Crippen LogP contribution >= 0.6 is 0 Å². The Morgan fingerprint density at radius 3 is 2.52 bits per heavy atom. The molecule has 0 bridgehead atoms. The first-order valence-corrected chi connectivity index (χ1v) is 11.2. The molecule has 0 amide bonds. The second-order valence-electron chi connectivity index (χ2n) is 9.45. The Kier molecular flexibility index (Phi) is 5.90. The zero-order valence-corrected chi connectivity index (χ0v) is 17.1. The average Bonchev–Trinajstić information content (AvgIpc) is 2.67. The van der Waals surface area contributed by atoms with Gasteiger partial charge in [0.15, 0.2) is 11.6 Å². The molecule has 2 fully saturated rings. The largest absolute Gasteiger partial charge is 0.486 e. The van der Waals surface area contributed by atoms with Gasteiger partial charge in [0.1, 0.15) is 6.61 Å². The molecular weight excluding hydrogens is 335 g/mol. The normalized spacial score (nSPS) is 33.5. The van der Waals surface area contributed by atoms with E-state index >= 15 is 0 Å². The van der Waals surface area contributed by atoms with Crippen LogP contribution in [0.3, 0.4) is 0 Å². The van der Waals surface area contributed by atoms with Crippen LogP contribution in [0.4, 0.5) is 4.39 Å². The highest BCUT2D eigenvalue weighted by molar-refractivity contribution is 5.39. The minimum Gasteiger partial charge on any atom is -0.486 e. The number of hydrogen-bond acceptors (Lipinski definition) is 1. The van der Waals surface area contributed by atoms with Crippen LogP contribution in [-0.4, -0.2) is 6.61 Å². The van der Waals surface area contributed by atoms with Crippen LogP contribution in [0.5, 0.6) is 5.75 Å². The van der Waals surface area contributed by atoms with Gasteiger partial charge in [0.2, 0.25) is 0 Å². The smallest absolute Gasteiger partial charge is 0.165 e. The number of hydrogen-bond donors (Lipinski definition) is 0. The molecule has 3 aliphatic rings. The van der Waals surface area contributed by atoms with E-state index in [2.05, 4.69) is 6.92 Å². The van der Waals surface area contributed by atoms with E-state index in [4.69, 9.17) is 4.74 Å². The molecule has 0 saturated heterocycles. The molecule has 0 spiro atoms. The van der Waals surface area contributed by atoms with Crippen molar-refractivity contribution in [1.29, 1.82) is 0 Å². The predicted molar refractivity (Wildman–Crippen MR) is 110 cm³/mol. The third-order valence-corrected chi connectivity index (χ3v) is 7.67. The van der Waals surface area contributed by atoms with Crippen LogP contribution in [0.15, 0.2) is 24.3 Å². The van der Waals surface area contributed by atoms with Gasteiger partial charge < -0.3 is 4.74 Å². The van der Waals surface area contributed by atoms with Crippen LogP contribution in [0.25, 0.3) is 0 Å². The molecule has 3 aliphatic carbocycles. The maximum absolute atomic E-state index is 14.5. The number of ether oxygens (including phenoxy) is 1. The summed E-state index contributed by atoms with van der Waals surface area (Å²) in [7, 11) is 0. The van der Waals surface area contributed by atoms with E-state index in [0.29, 0.717) is 12.4 Å². The van der Waals surface area contributed by atoms with E-state index in [1.807, 2.05) is 25.1 Å². The van der Waals surface area contributed by atoms with Crippen molar-refractivity contribution in [2.75, 3.05) is 6.61 Å². The second kappa shape index (κ2) is 8.37. The van der Waals surface area contributed by atoms with Crippen LogP contribution in [0.2, 0.25) is 0 Å². The molecule has 4 rings (SSSR count). The fraction of sp³-hybridized carbons (Fsp3) is 0.680. The molecule has 5 unspecified atom stereocenters. The molecule has 0 N–H and O–H groups in total. The molecule has 0 radical (unpaired) electrons. The highest BCUT2D eigenvalue weighted by Gasteiger charge is 2.37. The van der Waals surface area contributed by atoms with Gasteiger partial charge in [-0.3, -0.25) is 0 Å². The highest BCUT2D eigenvalue weighted by atomic mass is 19.1. The summed E-state index contributed by atoms with van der Waals surface area (Å²) in [5, 5.41) is 0. The molecule has 2 heteroatoms. The fourth-order valence-corrected chi connectivity index (χ4v) is 6.12. The molecule has 0 aromatic heterocycles. The Bertz CT molecular complexity index is 679. The third kappa shape index (κ3) is 4.25. The zero-order valence-electron chi connectivity index (χ0n) is 17.1. The second-order valence-corrected chi connectivity index (χ2v) is 9.45. The van der Waals surface area contributed by atoms with Gasteiger partial charge in [-0.2, -0.15) is 0 Å². The lowest BCUT2D eigenvalue weighted by molar-refractivity contribution is 0.0757. The van der Waals surface area contributed by atoms with E-state index < -0.39 is 0 Å². The number of aryl methyl sites for hydroxylation is 1. The van der Waals surface area contributed by atoms with E-state index in [1.165, 1.54) is 56.1 Å². The van der Waals surface area contributed by atoms with Gasteiger partial charge in [-0.05, 0) is 111 Å². The minimum absolute atomic E-state index is 0.191. The van der Waals surface area contributed by atoms with Gasteiger partial charge in [0.25, 0.3) is 0 Å². The topological polar surface area (TPSA) is 9.23 Å². The van der Waals surface area contributed by atoms with Crippen molar-refractivity contribution < 1.29 is 9.13 Å². The van der Waals surface area contributed by atoms with Crippen molar-refractivity contribution in [3.8, 4) is 5.75 Å². The summed E-state index contributed by atoms with van der Waals surface area (Å²) < 4.78 is 20.1. The van der Waals surface area contributed by atoms with Crippen LogP contribution in [0, 0.1) is 35.4 Å². The van der Waals surface area contributed by atoms with Gasteiger partial charge in [0.05, 0.1) is 0 Å². The molecule has 1 aromatic carbocycles. The molecule has 1 aromatic rings. The van der Waals surface area contributed by atoms with E-state index in [0.717, 1.165) is 42.4 Å². The monoisotopic (exact) mass is 370 g/mol. The lowest BCUT2D eigenvalue weighted by Crippen LogP contribution is -2.34. The maximum Gasteiger partial charge on any atom is 0.165 e. The molecule has 0 heterocycles. The van der Waals surface area contributed by atoms with Crippen molar-refractivity contribution in [2.45, 2.75) is 71.6 Å². The number of fused-ring (bicyclic) bond motifs is 2. The molecule has 27 heavy (non-hydrogen) atoms. The summed E-state index contributed by atoms with van der Waals surface area (Å²) in [6.45, 7) is 4.83. The van der Waals surface area contributed by atoms with E-state index in [1.54, 1.807) is 6.07 Å². The molecular formula is C25H35FO. The van der Waals surface area contributed by atoms with Gasteiger partial charge >= 0.3 is 0 Å². The van der Waals surface area contributed by atoms with Gasteiger partial charge in [-0.15, -0.1) is 0 Å². The van der Waals surface area contributed by atoms with Crippen LogP contribution < -0.4 is 4.74 Å². The van der Waals surface area contributed by atoms with E-state index in [-0.39, 0.29) is 5.82 Å². The molecule has 5 atom stereocenters. The third-order valence-electron chi connectivity index (χ3n) is 7.67. The Balaban J connectivity index is 1.40. The van der Waals surface area contributed by atoms with Crippen molar-refractivity contribution in [3.05, 3.63) is 41.2 Å². The lowest BCUT2D eigenvalue weighted by atomic mass is 9.61. The zero-order chi connectivity index (χ0) is 18.8. The summed E-state index contributed by atoms with van der Waals surface area (Å²) in [5.74, 6) is 4.76. The Morgan fingerprint density at radius 2 is 1.70 bits per heavy atom. The predicted octanol–water partition coefficient (Wildman–Crippen LogP) is 6.74. The van der Waals surface area contributed by atoms with Crippen molar-refractivity contribution >= 4 is 0 Å². The summed E-state index contributed by atoms with van der Waals surface area (Å²) in [6, 6.07) is 3.73. The summed E-state index contributed by atoms with van der Waals surface area (Å²) in [4.78, 5) is 0. The van der Waals surface area contributed by atoms with Crippen LogP contribution in [-0.2, 0) is 12.8 Å². The van der Waals surface area contributed by atoms with Crippen LogP contribution in [0.1, 0.15) is 69.9 Å². The Morgan fingerprint density at radius 1 is 0.963 bits per heavy atom. The number of allylic oxidation sites excluding steroid dienone is 1. The highest BCUT2D eigenvalue weighted by Crippen LogP contribution is 2.48. The maximum atomic E-state index is 14.5.